The van der Waals surface area contributed by atoms with Gasteiger partial charge < -0.3 is 10.5 Å². The largest absolute Gasteiger partial charge is 0.485 e. The second-order valence-electron chi connectivity index (χ2n) is 3.76. The molecule has 0 aliphatic heterocycles. The van der Waals surface area contributed by atoms with Crippen molar-refractivity contribution in [2.75, 3.05) is 6.54 Å². The third-order valence-electron chi connectivity index (χ3n) is 1.85. The first-order chi connectivity index (χ1) is 6.85. The molecular formula is C10H12BrClFNO. The van der Waals surface area contributed by atoms with Gasteiger partial charge in [0.05, 0.1) is 9.50 Å². The summed E-state index contributed by atoms with van der Waals surface area (Å²) in [5, 5.41) is 0.0554. The molecular weight excluding hydrogens is 284 g/mol. The van der Waals surface area contributed by atoms with Crippen LogP contribution in [0.1, 0.15) is 13.8 Å². The Kier molecular flexibility index (Phi) is 3.98. The molecule has 0 saturated carbocycles. The van der Waals surface area contributed by atoms with Gasteiger partial charge in [0.15, 0.2) is 0 Å². The van der Waals surface area contributed by atoms with E-state index in [2.05, 4.69) is 15.9 Å². The van der Waals surface area contributed by atoms with Crippen LogP contribution in [0, 0.1) is 5.82 Å². The SMILES string of the molecule is CC(C)(CN)Oc1cc(F)c(Cl)cc1Br. The van der Waals surface area contributed by atoms with Crippen LogP contribution >= 0.6 is 27.5 Å². The van der Waals surface area contributed by atoms with Gasteiger partial charge in [0.25, 0.3) is 0 Å². The summed E-state index contributed by atoms with van der Waals surface area (Å²) in [4.78, 5) is 0. The normalized spacial score (nSPS) is 11.6. The van der Waals surface area contributed by atoms with E-state index in [4.69, 9.17) is 22.1 Å². The molecule has 0 atom stereocenters. The van der Waals surface area contributed by atoms with E-state index in [9.17, 15) is 4.39 Å². The summed E-state index contributed by atoms with van der Waals surface area (Å²) in [6.07, 6.45) is 0. The van der Waals surface area contributed by atoms with E-state index in [-0.39, 0.29) is 5.02 Å². The third-order valence-corrected chi connectivity index (χ3v) is 2.76. The molecule has 0 heterocycles. The van der Waals surface area contributed by atoms with Gasteiger partial charge in [-0.3, -0.25) is 0 Å². The Morgan fingerprint density at radius 2 is 2.13 bits per heavy atom. The zero-order chi connectivity index (χ0) is 11.6. The molecule has 0 fully saturated rings. The Balaban J connectivity index is 3.01. The predicted molar refractivity (Wildman–Crippen MR) is 62.9 cm³/mol. The smallest absolute Gasteiger partial charge is 0.145 e. The van der Waals surface area contributed by atoms with Crippen LogP contribution in [0.3, 0.4) is 0 Å². The average Bonchev–Trinajstić information content (AvgIpc) is 2.14. The topological polar surface area (TPSA) is 35.2 Å². The van der Waals surface area contributed by atoms with E-state index in [1.807, 2.05) is 13.8 Å². The van der Waals surface area contributed by atoms with Crippen molar-refractivity contribution in [2.45, 2.75) is 19.4 Å². The molecule has 0 radical (unpaired) electrons. The zero-order valence-corrected chi connectivity index (χ0v) is 10.8. The average molecular weight is 297 g/mol. The molecule has 0 aliphatic rings. The lowest BCUT2D eigenvalue weighted by molar-refractivity contribution is 0.117. The number of hydrogen-bond donors (Lipinski definition) is 1. The molecule has 0 saturated heterocycles. The first-order valence-corrected chi connectivity index (χ1v) is 5.56. The standard InChI is InChI=1S/C10H12BrClFNO/c1-10(2,5-14)15-9-4-8(13)7(12)3-6(9)11/h3-4H,5,14H2,1-2H3. The number of hydrogen-bond acceptors (Lipinski definition) is 2. The zero-order valence-electron chi connectivity index (χ0n) is 8.48. The maximum absolute atomic E-state index is 13.2. The third kappa shape index (κ3) is 3.33. The Morgan fingerprint density at radius 1 is 1.53 bits per heavy atom. The predicted octanol–water partition coefficient (Wildman–Crippen LogP) is 3.36. The molecule has 0 aromatic heterocycles. The highest BCUT2D eigenvalue weighted by molar-refractivity contribution is 9.10. The van der Waals surface area contributed by atoms with Gasteiger partial charge in [0.1, 0.15) is 17.2 Å². The molecule has 2 N–H and O–H groups in total. The fraction of sp³-hybridized carbons (Fsp3) is 0.400. The van der Waals surface area contributed by atoms with Crippen LogP contribution in [0.5, 0.6) is 5.75 Å². The molecule has 15 heavy (non-hydrogen) atoms. The minimum Gasteiger partial charge on any atom is -0.485 e. The second kappa shape index (κ2) is 4.68. The highest BCUT2D eigenvalue weighted by Gasteiger charge is 2.19. The summed E-state index contributed by atoms with van der Waals surface area (Å²) >= 11 is 8.85. The van der Waals surface area contributed by atoms with E-state index in [0.29, 0.717) is 16.8 Å². The lowest BCUT2D eigenvalue weighted by Gasteiger charge is -2.25. The summed E-state index contributed by atoms with van der Waals surface area (Å²) in [7, 11) is 0. The minimum absolute atomic E-state index is 0.0554. The fourth-order valence-electron chi connectivity index (χ4n) is 0.922. The van der Waals surface area contributed by atoms with Gasteiger partial charge in [0.2, 0.25) is 0 Å². The van der Waals surface area contributed by atoms with Crippen molar-refractivity contribution in [1.82, 2.24) is 0 Å². The van der Waals surface area contributed by atoms with Crippen LogP contribution in [-0.4, -0.2) is 12.1 Å². The van der Waals surface area contributed by atoms with Gasteiger partial charge in [-0.25, -0.2) is 4.39 Å². The van der Waals surface area contributed by atoms with Gasteiger partial charge in [-0.2, -0.15) is 0 Å². The molecule has 0 spiro atoms. The first-order valence-electron chi connectivity index (χ1n) is 4.39. The van der Waals surface area contributed by atoms with Crippen LogP contribution in [0.25, 0.3) is 0 Å². The van der Waals surface area contributed by atoms with Crippen molar-refractivity contribution >= 4 is 27.5 Å². The summed E-state index contributed by atoms with van der Waals surface area (Å²) < 4.78 is 19.3. The van der Waals surface area contributed by atoms with Crippen molar-refractivity contribution in [1.29, 1.82) is 0 Å². The quantitative estimate of drug-likeness (QED) is 0.868. The van der Waals surface area contributed by atoms with Crippen LogP contribution in [0.4, 0.5) is 4.39 Å². The van der Waals surface area contributed by atoms with E-state index < -0.39 is 11.4 Å². The number of ether oxygens (including phenoxy) is 1. The fourth-order valence-corrected chi connectivity index (χ4v) is 1.64. The van der Waals surface area contributed by atoms with Crippen molar-refractivity contribution < 1.29 is 9.13 Å². The Labute approximate surface area is 102 Å². The maximum atomic E-state index is 13.2. The molecule has 0 unspecified atom stereocenters. The number of halogens is 3. The van der Waals surface area contributed by atoms with Crippen molar-refractivity contribution in [3.63, 3.8) is 0 Å². The highest BCUT2D eigenvalue weighted by Crippen LogP contribution is 2.32. The van der Waals surface area contributed by atoms with Gasteiger partial charge in [-0.05, 0) is 35.8 Å². The van der Waals surface area contributed by atoms with Crippen LogP contribution in [0.15, 0.2) is 16.6 Å². The molecule has 2 nitrogen and oxygen atoms in total. The number of benzene rings is 1. The number of rotatable bonds is 3. The highest BCUT2D eigenvalue weighted by atomic mass is 79.9. The molecule has 1 aromatic carbocycles. The van der Waals surface area contributed by atoms with Crippen LogP contribution in [0.2, 0.25) is 5.02 Å². The van der Waals surface area contributed by atoms with E-state index >= 15 is 0 Å². The van der Waals surface area contributed by atoms with Gasteiger partial charge in [-0.15, -0.1) is 0 Å². The minimum atomic E-state index is -0.539. The summed E-state index contributed by atoms with van der Waals surface area (Å²) in [5.74, 6) is -0.116. The number of nitrogens with two attached hydrogens (primary N) is 1. The molecule has 0 aliphatic carbocycles. The molecule has 1 aromatic rings. The Morgan fingerprint density at radius 3 is 2.67 bits per heavy atom. The molecule has 0 bridgehead atoms. The monoisotopic (exact) mass is 295 g/mol. The Bertz CT molecular complexity index is 371. The Hall–Kier alpha value is -0.320. The van der Waals surface area contributed by atoms with Gasteiger partial charge >= 0.3 is 0 Å². The van der Waals surface area contributed by atoms with E-state index in [1.54, 1.807) is 0 Å². The van der Waals surface area contributed by atoms with E-state index in [1.165, 1.54) is 12.1 Å². The lowest BCUT2D eigenvalue weighted by atomic mass is 10.1. The summed E-state index contributed by atoms with van der Waals surface area (Å²) in [5.41, 5.74) is 4.97. The van der Waals surface area contributed by atoms with E-state index in [0.717, 1.165) is 0 Å². The van der Waals surface area contributed by atoms with Crippen molar-refractivity contribution in [3.05, 3.63) is 27.4 Å². The molecule has 84 valence electrons. The second-order valence-corrected chi connectivity index (χ2v) is 5.02. The van der Waals surface area contributed by atoms with Crippen molar-refractivity contribution in [2.24, 2.45) is 5.73 Å². The lowest BCUT2D eigenvalue weighted by Crippen LogP contribution is -2.37. The molecule has 1 rings (SSSR count). The van der Waals surface area contributed by atoms with Gasteiger partial charge in [0, 0.05) is 12.6 Å². The summed E-state index contributed by atoms with van der Waals surface area (Å²) in [6, 6.07) is 2.70. The first kappa shape index (κ1) is 12.7. The van der Waals surface area contributed by atoms with Crippen LogP contribution in [-0.2, 0) is 0 Å². The van der Waals surface area contributed by atoms with Crippen LogP contribution < -0.4 is 10.5 Å². The molecule has 0 amide bonds. The molecule has 5 heteroatoms. The summed E-state index contributed by atoms with van der Waals surface area (Å²) in [6.45, 7) is 3.99. The van der Waals surface area contributed by atoms with Gasteiger partial charge in [-0.1, -0.05) is 11.6 Å². The maximum Gasteiger partial charge on any atom is 0.145 e. The van der Waals surface area contributed by atoms with Crippen molar-refractivity contribution in [3.8, 4) is 5.75 Å².